The minimum Gasteiger partial charge on any atom is -0.379 e. The first-order chi connectivity index (χ1) is 5.66. The number of allylic oxidation sites excluding steroid dienone is 1. The third-order valence-electron chi connectivity index (χ3n) is 1.31. The normalized spacial score (nSPS) is 11.2. The Morgan fingerprint density at radius 2 is 2.33 bits per heavy atom. The lowest BCUT2D eigenvalue weighted by atomic mass is 10.2. The smallest absolute Gasteiger partial charge is 0.256 e. The van der Waals surface area contributed by atoms with Gasteiger partial charge in [0.15, 0.2) is 15.5 Å². The van der Waals surface area contributed by atoms with Crippen molar-refractivity contribution in [1.82, 2.24) is 0 Å². The summed E-state index contributed by atoms with van der Waals surface area (Å²) in [5.74, 6) is 0.0218. The lowest BCUT2D eigenvalue weighted by Gasteiger charge is -2.03. The van der Waals surface area contributed by atoms with E-state index in [1.54, 1.807) is 0 Å². The highest BCUT2D eigenvalue weighted by atomic mass is 28.2. The number of aliphatic hydroxyl groups excluding tert-OH is 1. The average Bonchev–Trinajstić information content (AvgIpc) is 2.03. The SMILES string of the molecule is C=CC(=O)CCC[SiH2]OC(O)O. The topological polar surface area (TPSA) is 66.8 Å². The summed E-state index contributed by atoms with van der Waals surface area (Å²) in [5.41, 5.74) is 0. The van der Waals surface area contributed by atoms with E-state index in [2.05, 4.69) is 11.0 Å². The van der Waals surface area contributed by atoms with Crippen molar-refractivity contribution in [3.63, 3.8) is 0 Å². The number of carbonyl (C=O) groups is 1. The van der Waals surface area contributed by atoms with Crippen LogP contribution < -0.4 is 0 Å². The Hall–Kier alpha value is -0.493. The second-order valence-corrected chi connectivity index (χ2v) is 3.77. The van der Waals surface area contributed by atoms with Gasteiger partial charge in [0.05, 0.1) is 0 Å². The van der Waals surface area contributed by atoms with Gasteiger partial charge in [0, 0.05) is 6.42 Å². The first-order valence-electron chi connectivity index (χ1n) is 3.80. The Labute approximate surface area is 73.8 Å². The lowest BCUT2D eigenvalue weighted by molar-refractivity contribution is -0.180. The monoisotopic (exact) mass is 190 g/mol. The van der Waals surface area contributed by atoms with E-state index in [9.17, 15) is 4.79 Å². The molecule has 0 aliphatic rings. The number of hydrogen-bond acceptors (Lipinski definition) is 4. The third kappa shape index (κ3) is 7.61. The molecule has 0 fully saturated rings. The van der Waals surface area contributed by atoms with Crippen LogP contribution >= 0.6 is 0 Å². The van der Waals surface area contributed by atoms with E-state index in [1.165, 1.54) is 6.08 Å². The summed E-state index contributed by atoms with van der Waals surface area (Å²) in [6.07, 6.45) is 2.51. The molecule has 0 aromatic heterocycles. The average molecular weight is 190 g/mol. The van der Waals surface area contributed by atoms with Crippen LogP contribution in [0.4, 0.5) is 0 Å². The third-order valence-corrected chi connectivity index (χ3v) is 2.63. The Balaban J connectivity index is 3.11. The number of rotatable bonds is 7. The quantitative estimate of drug-likeness (QED) is 0.241. The maximum atomic E-state index is 10.7. The molecule has 0 aliphatic heterocycles. The number of hydrogen-bond donors (Lipinski definition) is 2. The fourth-order valence-electron chi connectivity index (χ4n) is 0.692. The second kappa shape index (κ2) is 7.17. The highest BCUT2D eigenvalue weighted by Gasteiger charge is 1.98. The molecule has 0 bridgehead atoms. The Morgan fingerprint density at radius 1 is 1.67 bits per heavy atom. The standard InChI is InChI=1S/C7H14O4Si/c1-2-6(8)4-3-5-12-11-7(9)10/h2,7,9-10H,1,3-5,12H2. The molecule has 0 radical (unpaired) electrons. The van der Waals surface area contributed by atoms with Crippen LogP contribution in [-0.4, -0.2) is 32.2 Å². The van der Waals surface area contributed by atoms with Crippen molar-refractivity contribution in [2.75, 3.05) is 0 Å². The summed E-state index contributed by atoms with van der Waals surface area (Å²) in [7, 11) is -0.873. The molecule has 12 heavy (non-hydrogen) atoms. The van der Waals surface area contributed by atoms with Gasteiger partial charge in [0.1, 0.15) is 0 Å². The molecule has 0 heterocycles. The molecule has 0 aromatic rings. The molecular weight excluding hydrogens is 176 g/mol. The van der Waals surface area contributed by atoms with Crippen molar-refractivity contribution in [2.45, 2.75) is 25.4 Å². The summed E-state index contributed by atoms with van der Waals surface area (Å²) in [6.45, 7) is 1.69. The Morgan fingerprint density at radius 3 is 2.83 bits per heavy atom. The van der Waals surface area contributed by atoms with Crippen LogP contribution in [-0.2, 0) is 9.22 Å². The molecule has 0 spiro atoms. The zero-order chi connectivity index (χ0) is 9.40. The van der Waals surface area contributed by atoms with E-state index in [1.807, 2.05) is 0 Å². The molecule has 5 heteroatoms. The number of ketones is 1. The molecule has 0 saturated heterocycles. The first kappa shape index (κ1) is 11.5. The van der Waals surface area contributed by atoms with Crippen molar-refractivity contribution in [3.05, 3.63) is 12.7 Å². The van der Waals surface area contributed by atoms with Gasteiger partial charge < -0.3 is 14.6 Å². The minimum atomic E-state index is -1.65. The summed E-state index contributed by atoms with van der Waals surface area (Å²) < 4.78 is 4.57. The highest BCUT2D eigenvalue weighted by molar-refractivity contribution is 6.27. The first-order valence-corrected chi connectivity index (χ1v) is 5.37. The molecule has 0 rings (SSSR count). The van der Waals surface area contributed by atoms with Gasteiger partial charge in [-0.05, 0) is 18.5 Å². The maximum Gasteiger partial charge on any atom is 0.256 e. The molecular formula is C7H14O4Si. The van der Waals surface area contributed by atoms with Gasteiger partial charge in [-0.3, -0.25) is 4.79 Å². The zero-order valence-corrected chi connectivity index (χ0v) is 8.32. The lowest BCUT2D eigenvalue weighted by Crippen LogP contribution is -2.13. The molecule has 0 atom stereocenters. The van der Waals surface area contributed by atoms with Gasteiger partial charge in [-0.25, -0.2) is 0 Å². The fraction of sp³-hybridized carbons (Fsp3) is 0.571. The van der Waals surface area contributed by atoms with E-state index in [0.29, 0.717) is 6.42 Å². The van der Waals surface area contributed by atoms with Crippen LogP contribution in [0.1, 0.15) is 12.8 Å². The second-order valence-electron chi connectivity index (χ2n) is 2.32. The zero-order valence-electron chi connectivity index (χ0n) is 6.90. The summed E-state index contributed by atoms with van der Waals surface area (Å²) in [6, 6.07) is 0.775. The van der Waals surface area contributed by atoms with Gasteiger partial charge >= 0.3 is 0 Å². The minimum absolute atomic E-state index is 0.0218. The van der Waals surface area contributed by atoms with Crippen molar-refractivity contribution in [2.24, 2.45) is 0 Å². The van der Waals surface area contributed by atoms with E-state index >= 15 is 0 Å². The van der Waals surface area contributed by atoms with Crippen LogP contribution in [0.3, 0.4) is 0 Å². The molecule has 0 unspecified atom stereocenters. The van der Waals surface area contributed by atoms with Crippen molar-refractivity contribution in [3.8, 4) is 0 Å². The molecule has 4 nitrogen and oxygen atoms in total. The number of aliphatic hydroxyl groups is 2. The molecule has 0 aliphatic carbocycles. The maximum absolute atomic E-state index is 10.7. The van der Waals surface area contributed by atoms with E-state index < -0.39 is 16.2 Å². The van der Waals surface area contributed by atoms with Crippen LogP contribution in [0.2, 0.25) is 6.04 Å². The van der Waals surface area contributed by atoms with Crippen molar-refractivity contribution in [1.29, 1.82) is 0 Å². The predicted octanol–water partition coefficient (Wildman–Crippen LogP) is -0.691. The molecule has 2 N–H and O–H groups in total. The van der Waals surface area contributed by atoms with Gasteiger partial charge in [-0.15, -0.1) is 0 Å². The van der Waals surface area contributed by atoms with Gasteiger partial charge in [0.25, 0.3) is 6.48 Å². The number of carbonyl (C=O) groups excluding carboxylic acids is 1. The molecule has 0 aromatic carbocycles. The summed E-state index contributed by atoms with van der Waals surface area (Å²) in [4.78, 5) is 10.7. The Kier molecular flexibility index (Phi) is 6.88. The van der Waals surface area contributed by atoms with Gasteiger partial charge in [-0.1, -0.05) is 6.58 Å². The van der Waals surface area contributed by atoms with Crippen LogP contribution in [0, 0.1) is 0 Å². The van der Waals surface area contributed by atoms with Crippen LogP contribution in [0.25, 0.3) is 0 Å². The molecule has 0 saturated carbocycles. The largest absolute Gasteiger partial charge is 0.379 e. The van der Waals surface area contributed by atoms with E-state index in [0.717, 1.165) is 12.5 Å². The molecule has 70 valence electrons. The van der Waals surface area contributed by atoms with Crippen LogP contribution in [0.15, 0.2) is 12.7 Å². The van der Waals surface area contributed by atoms with Gasteiger partial charge in [-0.2, -0.15) is 0 Å². The fourth-order valence-corrected chi connectivity index (χ4v) is 1.52. The summed E-state index contributed by atoms with van der Waals surface area (Å²) in [5, 5.41) is 16.6. The van der Waals surface area contributed by atoms with E-state index in [4.69, 9.17) is 10.2 Å². The highest BCUT2D eigenvalue weighted by Crippen LogP contribution is 1.97. The molecule has 0 amide bonds. The van der Waals surface area contributed by atoms with Crippen LogP contribution in [0.5, 0.6) is 0 Å². The van der Waals surface area contributed by atoms with Gasteiger partial charge in [0.2, 0.25) is 0 Å². The predicted molar refractivity (Wildman–Crippen MR) is 47.1 cm³/mol. The van der Waals surface area contributed by atoms with E-state index in [-0.39, 0.29) is 5.78 Å². The van der Waals surface area contributed by atoms with Crippen molar-refractivity contribution >= 4 is 15.5 Å². The summed E-state index contributed by atoms with van der Waals surface area (Å²) >= 11 is 0. The Bertz CT molecular complexity index is 146. The van der Waals surface area contributed by atoms with Crippen molar-refractivity contribution < 1.29 is 19.4 Å².